The number of carbonyl (C=O) groups is 1. The van der Waals surface area contributed by atoms with Crippen LogP contribution in [0.15, 0.2) is 24.3 Å². The summed E-state index contributed by atoms with van der Waals surface area (Å²) >= 11 is 0. The standard InChI is InChI=1S/C16H19FN2O/c1-3-4-5-14-11(2)18-16(19-14)10-15(20)12-6-8-13(17)9-7-12/h6-9H,3-5,10H2,1-2H3,(H,18,19). The van der Waals surface area contributed by atoms with Crippen LogP contribution in [0.25, 0.3) is 0 Å². The Labute approximate surface area is 118 Å². The Balaban J connectivity index is 2.06. The van der Waals surface area contributed by atoms with E-state index in [-0.39, 0.29) is 18.0 Å². The molecule has 0 spiro atoms. The van der Waals surface area contributed by atoms with Gasteiger partial charge in [0.1, 0.15) is 11.6 Å². The van der Waals surface area contributed by atoms with Gasteiger partial charge in [0.05, 0.1) is 12.1 Å². The van der Waals surface area contributed by atoms with E-state index >= 15 is 0 Å². The van der Waals surface area contributed by atoms with E-state index in [1.54, 1.807) is 0 Å². The number of aromatic nitrogens is 2. The summed E-state index contributed by atoms with van der Waals surface area (Å²) in [5, 5.41) is 0. The summed E-state index contributed by atoms with van der Waals surface area (Å²) in [5.41, 5.74) is 2.57. The van der Waals surface area contributed by atoms with Gasteiger partial charge in [-0.1, -0.05) is 13.3 Å². The van der Waals surface area contributed by atoms with Crippen molar-refractivity contribution in [3.05, 3.63) is 52.9 Å². The number of nitrogens with one attached hydrogen (secondary N) is 1. The van der Waals surface area contributed by atoms with Gasteiger partial charge in [0.2, 0.25) is 0 Å². The largest absolute Gasteiger partial charge is 0.345 e. The molecule has 0 aliphatic carbocycles. The second-order valence-corrected chi connectivity index (χ2v) is 4.97. The van der Waals surface area contributed by atoms with Crippen molar-refractivity contribution in [3.63, 3.8) is 0 Å². The number of ketones is 1. The Hall–Kier alpha value is -1.97. The zero-order chi connectivity index (χ0) is 14.5. The van der Waals surface area contributed by atoms with Gasteiger partial charge < -0.3 is 4.98 Å². The van der Waals surface area contributed by atoms with Crippen LogP contribution in [0.5, 0.6) is 0 Å². The molecule has 0 fully saturated rings. The lowest BCUT2D eigenvalue weighted by atomic mass is 10.1. The molecular weight excluding hydrogens is 255 g/mol. The van der Waals surface area contributed by atoms with E-state index in [9.17, 15) is 9.18 Å². The van der Waals surface area contributed by atoms with Gasteiger partial charge >= 0.3 is 0 Å². The molecule has 0 atom stereocenters. The number of H-pyrrole nitrogens is 1. The predicted octanol–water partition coefficient (Wildman–Crippen LogP) is 3.63. The van der Waals surface area contributed by atoms with Crippen LogP contribution in [0.1, 0.15) is 47.3 Å². The summed E-state index contributed by atoms with van der Waals surface area (Å²) in [6.07, 6.45) is 3.37. The number of halogens is 1. The fourth-order valence-corrected chi connectivity index (χ4v) is 2.12. The molecule has 3 nitrogen and oxygen atoms in total. The van der Waals surface area contributed by atoms with Crippen molar-refractivity contribution < 1.29 is 9.18 Å². The number of aromatic amines is 1. The van der Waals surface area contributed by atoms with Gasteiger partial charge in [-0.05, 0) is 44.0 Å². The molecule has 1 heterocycles. The van der Waals surface area contributed by atoms with Gasteiger partial charge in [0.25, 0.3) is 0 Å². The molecule has 1 aromatic heterocycles. The maximum atomic E-state index is 12.8. The number of rotatable bonds is 6. The van der Waals surface area contributed by atoms with Crippen molar-refractivity contribution >= 4 is 5.78 Å². The van der Waals surface area contributed by atoms with Crippen LogP contribution in [0.2, 0.25) is 0 Å². The van der Waals surface area contributed by atoms with Crippen molar-refractivity contribution in [1.29, 1.82) is 0 Å². The predicted molar refractivity (Wildman–Crippen MR) is 76.4 cm³/mol. The number of hydrogen-bond acceptors (Lipinski definition) is 2. The number of imidazole rings is 1. The normalized spacial score (nSPS) is 10.8. The molecule has 1 N–H and O–H groups in total. The number of carbonyl (C=O) groups excluding carboxylic acids is 1. The molecule has 0 saturated heterocycles. The SMILES string of the molecule is CCCCc1nc(CC(=O)c2ccc(F)cc2)[nH]c1C. The van der Waals surface area contributed by atoms with E-state index in [2.05, 4.69) is 16.9 Å². The van der Waals surface area contributed by atoms with E-state index in [0.29, 0.717) is 11.4 Å². The molecule has 0 radical (unpaired) electrons. The second kappa shape index (κ2) is 6.46. The molecule has 4 heteroatoms. The molecule has 0 unspecified atom stereocenters. The van der Waals surface area contributed by atoms with Gasteiger partial charge in [-0.15, -0.1) is 0 Å². The van der Waals surface area contributed by atoms with Crippen molar-refractivity contribution in [2.24, 2.45) is 0 Å². The highest BCUT2D eigenvalue weighted by atomic mass is 19.1. The molecule has 20 heavy (non-hydrogen) atoms. The molecule has 1 aromatic carbocycles. The summed E-state index contributed by atoms with van der Waals surface area (Å²) in [7, 11) is 0. The van der Waals surface area contributed by atoms with Crippen molar-refractivity contribution in [3.8, 4) is 0 Å². The van der Waals surface area contributed by atoms with Crippen molar-refractivity contribution in [2.75, 3.05) is 0 Å². The van der Waals surface area contributed by atoms with Crippen molar-refractivity contribution in [2.45, 2.75) is 39.5 Å². The molecule has 2 aromatic rings. The Bertz CT molecular complexity index is 587. The molecule has 0 amide bonds. The number of benzene rings is 1. The van der Waals surface area contributed by atoms with Gasteiger partial charge in [0.15, 0.2) is 5.78 Å². The third-order valence-corrected chi connectivity index (χ3v) is 3.30. The third kappa shape index (κ3) is 3.53. The van der Waals surface area contributed by atoms with E-state index in [4.69, 9.17) is 0 Å². The molecule has 0 bridgehead atoms. The highest BCUT2D eigenvalue weighted by Gasteiger charge is 2.12. The summed E-state index contributed by atoms with van der Waals surface area (Å²) in [6.45, 7) is 4.12. The lowest BCUT2D eigenvalue weighted by Gasteiger charge is -1.98. The smallest absolute Gasteiger partial charge is 0.170 e. The van der Waals surface area contributed by atoms with Gasteiger partial charge in [-0.25, -0.2) is 9.37 Å². The van der Waals surface area contributed by atoms with E-state index < -0.39 is 0 Å². The number of nitrogens with zero attached hydrogens (tertiary/aromatic N) is 1. The quantitative estimate of drug-likeness (QED) is 0.818. The average Bonchev–Trinajstić information content (AvgIpc) is 2.77. The zero-order valence-electron chi connectivity index (χ0n) is 11.9. The Kier molecular flexibility index (Phi) is 4.66. The van der Waals surface area contributed by atoms with E-state index in [1.807, 2.05) is 6.92 Å². The molecule has 2 rings (SSSR count). The second-order valence-electron chi connectivity index (χ2n) is 4.97. The average molecular weight is 274 g/mol. The molecular formula is C16H19FN2O. The highest BCUT2D eigenvalue weighted by molar-refractivity contribution is 5.97. The summed E-state index contributed by atoms with van der Waals surface area (Å²) < 4.78 is 12.8. The van der Waals surface area contributed by atoms with Crippen molar-refractivity contribution in [1.82, 2.24) is 9.97 Å². The fourth-order valence-electron chi connectivity index (χ4n) is 2.12. The minimum absolute atomic E-state index is 0.0548. The lowest BCUT2D eigenvalue weighted by Crippen LogP contribution is -2.05. The minimum atomic E-state index is -0.336. The van der Waals surface area contributed by atoms with Gasteiger partial charge in [-0.3, -0.25) is 4.79 Å². The Morgan fingerprint density at radius 1 is 1.30 bits per heavy atom. The van der Waals surface area contributed by atoms with Crippen LogP contribution < -0.4 is 0 Å². The first kappa shape index (κ1) is 14.4. The number of unbranched alkanes of at least 4 members (excludes halogenated alkanes) is 1. The molecule has 0 aliphatic heterocycles. The molecule has 106 valence electrons. The number of aryl methyl sites for hydroxylation is 2. The highest BCUT2D eigenvalue weighted by Crippen LogP contribution is 2.12. The van der Waals surface area contributed by atoms with E-state index in [1.165, 1.54) is 24.3 Å². The fraction of sp³-hybridized carbons (Fsp3) is 0.375. The van der Waals surface area contributed by atoms with Gasteiger partial charge in [-0.2, -0.15) is 0 Å². The summed E-state index contributed by atoms with van der Waals surface area (Å²) in [5.74, 6) is 0.293. The monoisotopic (exact) mass is 274 g/mol. The van der Waals surface area contributed by atoms with Crippen LogP contribution >= 0.6 is 0 Å². The maximum Gasteiger partial charge on any atom is 0.170 e. The molecule has 0 aliphatic rings. The number of hydrogen-bond donors (Lipinski definition) is 1. The third-order valence-electron chi connectivity index (χ3n) is 3.30. The van der Waals surface area contributed by atoms with Gasteiger partial charge in [0, 0.05) is 11.3 Å². The lowest BCUT2D eigenvalue weighted by molar-refractivity contribution is 0.0991. The minimum Gasteiger partial charge on any atom is -0.345 e. The maximum absolute atomic E-state index is 12.8. The topological polar surface area (TPSA) is 45.8 Å². The Morgan fingerprint density at radius 2 is 2.00 bits per heavy atom. The van der Waals surface area contributed by atoms with Crippen LogP contribution in [-0.4, -0.2) is 15.8 Å². The zero-order valence-corrected chi connectivity index (χ0v) is 11.9. The van der Waals surface area contributed by atoms with E-state index in [0.717, 1.165) is 30.7 Å². The Morgan fingerprint density at radius 3 is 2.65 bits per heavy atom. The summed E-state index contributed by atoms with van der Waals surface area (Å²) in [6, 6.07) is 5.61. The summed E-state index contributed by atoms with van der Waals surface area (Å²) in [4.78, 5) is 19.7. The number of Topliss-reactive ketones (excluding diaryl/α,β-unsaturated/α-hetero) is 1. The van der Waals surface area contributed by atoms with Crippen LogP contribution in [0.4, 0.5) is 4.39 Å². The first-order valence-corrected chi connectivity index (χ1v) is 6.93. The van der Waals surface area contributed by atoms with Crippen LogP contribution in [-0.2, 0) is 12.8 Å². The first-order valence-electron chi connectivity index (χ1n) is 6.93. The molecule has 0 saturated carbocycles. The van der Waals surface area contributed by atoms with Crippen LogP contribution in [0.3, 0.4) is 0 Å². The first-order chi connectivity index (χ1) is 9.60. The van der Waals surface area contributed by atoms with Crippen LogP contribution in [0, 0.1) is 12.7 Å².